The molecule has 0 bridgehead atoms. The minimum atomic E-state index is -0.872. The molecule has 0 radical (unpaired) electrons. The molecule has 1 atom stereocenters. The standard InChI is InChI=1S/C23H22BrFN4O2S/c1-2-12-32-23-26-14-18(24)20(29-23)22(31)28-19(13-15-6-4-3-5-7-15)21(30)27-17-10-8-16(25)9-11-17/h3-11,14,19H,2,12-13H2,1H3,(H,27,30)(H,28,31). The van der Waals surface area contributed by atoms with Crippen LogP contribution in [0.4, 0.5) is 10.1 Å². The molecule has 0 fully saturated rings. The van der Waals surface area contributed by atoms with E-state index in [0.29, 0.717) is 15.3 Å². The summed E-state index contributed by atoms with van der Waals surface area (Å²) in [6.07, 6.45) is 2.76. The van der Waals surface area contributed by atoms with Crippen LogP contribution >= 0.6 is 27.7 Å². The molecule has 32 heavy (non-hydrogen) atoms. The predicted molar refractivity (Wildman–Crippen MR) is 127 cm³/mol. The number of carbonyl (C=O) groups is 2. The smallest absolute Gasteiger partial charge is 0.271 e. The molecule has 0 aliphatic carbocycles. The van der Waals surface area contributed by atoms with Crippen molar-refractivity contribution < 1.29 is 14.0 Å². The van der Waals surface area contributed by atoms with Crippen molar-refractivity contribution >= 4 is 45.2 Å². The van der Waals surface area contributed by atoms with Crippen LogP contribution in [0.3, 0.4) is 0 Å². The molecule has 1 aromatic heterocycles. The molecule has 3 aromatic rings. The molecular weight excluding hydrogens is 495 g/mol. The first kappa shape index (κ1) is 23.9. The van der Waals surface area contributed by atoms with Gasteiger partial charge < -0.3 is 10.6 Å². The zero-order valence-corrected chi connectivity index (χ0v) is 19.7. The van der Waals surface area contributed by atoms with Gasteiger partial charge in [-0.2, -0.15) is 0 Å². The number of carbonyl (C=O) groups excluding carboxylic acids is 2. The van der Waals surface area contributed by atoms with E-state index in [-0.39, 0.29) is 12.1 Å². The van der Waals surface area contributed by atoms with Gasteiger partial charge in [-0.15, -0.1) is 0 Å². The number of amides is 2. The van der Waals surface area contributed by atoms with E-state index in [1.807, 2.05) is 37.3 Å². The third kappa shape index (κ3) is 6.86. The van der Waals surface area contributed by atoms with Gasteiger partial charge in [0.2, 0.25) is 5.91 Å². The summed E-state index contributed by atoms with van der Waals surface area (Å²) in [5, 5.41) is 6.01. The quantitative estimate of drug-likeness (QED) is 0.313. The molecule has 0 saturated heterocycles. The summed E-state index contributed by atoms with van der Waals surface area (Å²) in [6, 6.07) is 13.9. The second-order valence-corrected chi connectivity index (χ2v) is 8.83. The predicted octanol–water partition coefficient (Wildman–Crippen LogP) is 4.86. The first-order valence-electron chi connectivity index (χ1n) is 10.0. The lowest BCUT2D eigenvalue weighted by molar-refractivity contribution is -0.118. The van der Waals surface area contributed by atoms with E-state index in [0.717, 1.165) is 17.7 Å². The molecule has 1 unspecified atom stereocenters. The van der Waals surface area contributed by atoms with Crippen molar-refractivity contribution in [2.45, 2.75) is 31.0 Å². The van der Waals surface area contributed by atoms with Gasteiger partial charge in [-0.05, 0) is 52.2 Å². The summed E-state index contributed by atoms with van der Waals surface area (Å²) in [5.41, 5.74) is 1.48. The summed E-state index contributed by atoms with van der Waals surface area (Å²) in [4.78, 5) is 34.6. The van der Waals surface area contributed by atoms with Crippen LogP contribution in [-0.2, 0) is 11.2 Å². The van der Waals surface area contributed by atoms with Gasteiger partial charge in [0.15, 0.2) is 5.16 Å². The van der Waals surface area contributed by atoms with Gasteiger partial charge in [-0.25, -0.2) is 14.4 Å². The van der Waals surface area contributed by atoms with Crippen LogP contribution in [0, 0.1) is 5.82 Å². The average Bonchev–Trinajstić information content (AvgIpc) is 2.80. The number of nitrogens with one attached hydrogen (secondary N) is 2. The first-order valence-corrected chi connectivity index (χ1v) is 11.8. The number of benzene rings is 2. The number of thioether (sulfide) groups is 1. The van der Waals surface area contributed by atoms with Crippen LogP contribution in [-0.4, -0.2) is 33.6 Å². The minimum absolute atomic E-state index is 0.159. The monoisotopic (exact) mass is 516 g/mol. The van der Waals surface area contributed by atoms with Crippen molar-refractivity contribution in [2.75, 3.05) is 11.1 Å². The van der Waals surface area contributed by atoms with Crippen molar-refractivity contribution in [2.24, 2.45) is 0 Å². The number of aromatic nitrogens is 2. The lowest BCUT2D eigenvalue weighted by atomic mass is 10.0. The van der Waals surface area contributed by atoms with Crippen molar-refractivity contribution in [3.8, 4) is 0 Å². The fourth-order valence-corrected chi connectivity index (χ4v) is 3.86. The van der Waals surface area contributed by atoms with Crippen LogP contribution in [0.1, 0.15) is 29.4 Å². The van der Waals surface area contributed by atoms with E-state index in [4.69, 9.17) is 0 Å². The molecule has 6 nitrogen and oxygen atoms in total. The largest absolute Gasteiger partial charge is 0.339 e. The van der Waals surface area contributed by atoms with Crippen molar-refractivity contribution in [1.29, 1.82) is 0 Å². The molecule has 2 aromatic carbocycles. The van der Waals surface area contributed by atoms with E-state index in [1.54, 1.807) is 0 Å². The molecule has 166 valence electrons. The molecular formula is C23H22BrFN4O2S. The molecule has 0 spiro atoms. The first-order chi connectivity index (χ1) is 15.5. The highest BCUT2D eigenvalue weighted by Gasteiger charge is 2.24. The maximum absolute atomic E-state index is 13.2. The molecule has 9 heteroatoms. The van der Waals surface area contributed by atoms with Gasteiger partial charge in [0, 0.05) is 24.1 Å². The summed E-state index contributed by atoms with van der Waals surface area (Å²) < 4.78 is 13.6. The van der Waals surface area contributed by atoms with Gasteiger partial charge in [0.1, 0.15) is 17.6 Å². The third-order valence-corrected chi connectivity index (χ3v) is 6.04. The summed E-state index contributed by atoms with van der Waals surface area (Å²) >= 11 is 4.78. The van der Waals surface area contributed by atoms with Crippen LogP contribution in [0.15, 0.2) is 70.4 Å². The summed E-state index contributed by atoms with van der Waals surface area (Å²) in [7, 11) is 0. The Morgan fingerprint density at radius 1 is 1.12 bits per heavy atom. The van der Waals surface area contributed by atoms with E-state index < -0.39 is 23.7 Å². The molecule has 1 heterocycles. The highest BCUT2D eigenvalue weighted by atomic mass is 79.9. The summed E-state index contributed by atoms with van der Waals surface area (Å²) in [5.74, 6) is -0.478. The Morgan fingerprint density at radius 3 is 2.53 bits per heavy atom. The number of rotatable bonds is 9. The van der Waals surface area contributed by atoms with Gasteiger partial charge in [-0.3, -0.25) is 9.59 Å². The Kier molecular flexibility index (Phi) is 8.75. The second-order valence-electron chi connectivity index (χ2n) is 6.91. The number of halogens is 2. The Morgan fingerprint density at radius 2 is 1.84 bits per heavy atom. The van der Waals surface area contributed by atoms with Crippen LogP contribution in [0.5, 0.6) is 0 Å². The molecule has 0 aliphatic heterocycles. The van der Waals surface area contributed by atoms with Crippen LogP contribution in [0.25, 0.3) is 0 Å². The van der Waals surface area contributed by atoms with Gasteiger partial charge in [-0.1, -0.05) is 49.0 Å². The maximum Gasteiger partial charge on any atom is 0.271 e. The van der Waals surface area contributed by atoms with Gasteiger partial charge in [0.05, 0.1) is 4.47 Å². The number of anilines is 1. The van der Waals surface area contributed by atoms with Crippen LogP contribution < -0.4 is 10.6 Å². The Balaban J connectivity index is 1.80. The molecule has 2 N–H and O–H groups in total. The van der Waals surface area contributed by atoms with E-state index in [9.17, 15) is 14.0 Å². The second kappa shape index (κ2) is 11.7. The fourth-order valence-electron chi connectivity index (χ4n) is 2.82. The maximum atomic E-state index is 13.2. The van der Waals surface area contributed by atoms with Crippen LogP contribution in [0.2, 0.25) is 0 Å². The minimum Gasteiger partial charge on any atom is -0.339 e. The average molecular weight is 517 g/mol. The lowest BCUT2D eigenvalue weighted by Crippen LogP contribution is -2.45. The number of hydrogen-bond donors (Lipinski definition) is 2. The molecule has 2 amide bonds. The normalized spacial score (nSPS) is 11.6. The van der Waals surface area contributed by atoms with Crippen molar-refractivity contribution in [3.63, 3.8) is 0 Å². The Labute approximate surface area is 198 Å². The SMILES string of the molecule is CCCSc1ncc(Br)c(C(=O)NC(Cc2ccccc2)C(=O)Nc2ccc(F)cc2)n1. The molecule has 0 saturated carbocycles. The summed E-state index contributed by atoms with van der Waals surface area (Å²) in [6.45, 7) is 2.05. The Bertz CT molecular complexity index is 1070. The van der Waals surface area contributed by atoms with Crippen molar-refractivity contribution in [3.05, 3.63) is 82.3 Å². The van der Waals surface area contributed by atoms with Gasteiger partial charge >= 0.3 is 0 Å². The number of nitrogens with zero attached hydrogens (tertiary/aromatic N) is 2. The fraction of sp³-hybridized carbons (Fsp3) is 0.217. The zero-order chi connectivity index (χ0) is 22.9. The third-order valence-electron chi connectivity index (χ3n) is 4.39. The van der Waals surface area contributed by atoms with Gasteiger partial charge in [0.25, 0.3) is 5.91 Å². The highest BCUT2D eigenvalue weighted by molar-refractivity contribution is 9.10. The Hall–Kier alpha value is -2.78. The molecule has 3 rings (SSSR count). The van der Waals surface area contributed by atoms with Crippen molar-refractivity contribution in [1.82, 2.24) is 15.3 Å². The van der Waals surface area contributed by atoms with E-state index >= 15 is 0 Å². The number of hydrogen-bond acceptors (Lipinski definition) is 5. The highest BCUT2D eigenvalue weighted by Crippen LogP contribution is 2.20. The lowest BCUT2D eigenvalue weighted by Gasteiger charge is -2.19. The zero-order valence-electron chi connectivity index (χ0n) is 17.3. The van der Waals surface area contributed by atoms with E-state index in [2.05, 4.69) is 36.5 Å². The topological polar surface area (TPSA) is 84.0 Å². The van der Waals surface area contributed by atoms with E-state index in [1.165, 1.54) is 42.2 Å². The molecule has 0 aliphatic rings.